The van der Waals surface area contributed by atoms with Crippen molar-refractivity contribution in [2.45, 2.75) is 39.3 Å². The number of amides is 1. The van der Waals surface area contributed by atoms with Gasteiger partial charge in [0.1, 0.15) is 0 Å². The largest absolute Gasteiger partial charge is 0.339 e. The molecule has 4 aromatic rings. The molecule has 35 heavy (non-hydrogen) atoms. The van der Waals surface area contributed by atoms with Gasteiger partial charge in [-0.25, -0.2) is 0 Å². The van der Waals surface area contributed by atoms with Gasteiger partial charge in [-0.05, 0) is 73.1 Å². The monoisotopic (exact) mass is 485 g/mol. The lowest BCUT2D eigenvalue weighted by Gasteiger charge is -2.31. The fourth-order valence-electron chi connectivity index (χ4n) is 5.15. The third-order valence-electron chi connectivity index (χ3n) is 7.18. The van der Waals surface area contributed by atoms with Crippen LogP contribution in [0.25, 0.3) is 10.9 Å². The molecule has 1 amide bonds. The van der Waals surface area contributed by atoms with Gasteiger partial charge >= 0.3 is 0 Å². The second kappa shape index (κ2) is 10.7. The van der Waals surface area contributed by atoms with Crippen molar-refractivity contribution in [2.24, 2.45) is 5.92 Å². The third kappa shape index (κ3) is 5.29. The van der Waals surface area contributed by atoms with Gasteiger partial charge in [-0.15, -0.1) is 0 Å². The van der Waals surface area contributed by atoms with Crippen molar-refractivity contribution >= 4 is 34.1 Å². The number of halogens is 1. The molecule has 1 aliphatic heterocycles. The van der Waals surface area contributed by atoms with Crippen LogP contribution >= 0.6 is 11.6 Å². The van der Waals surface area contributed by atoms with Crippen molar-refractivity contribution in [1.29, 1.82) is 0 Å². The third-order valence-corrected chi connectivity index (χ3v) is 7.55. The van der Waals surface area contributed by atoms with Crippen LogP contribution in [0.2, 0.25) is 5.02 Å². The summed E-state index contributed by atoms with van der Waals surface area (Å²) in [4.78, 5) is 15.4. The van der Waals surface area contributed by atoms with Crippen LogP contribution < -0.4 is 5.32 Å². The number of benzene rings is 3. The Balaban J connectivity index is 1.27. The first kappa shape index (κ1) is 23.7. The van der Waals surface area contributed by atoms with E-state index in [0.717, 1.165) is 61.7 Å². The summed E-state index contributed by atoms with van der Waals surface area (Å²) in [6.07, 6.45) is 2.67. The number of nitrogens with one attached hydrogen (secondary N) is 1. The number of para-hydroxylation sites is 2. The van der Waals surface area contributed by atoms with Crippen LogP contribution in [0.15, 0.2) is 78.9 Å². The summed E-state index contributed by atoms with van der Waals surface area (Å²) in [6.45, 7) is 5.57. The molecule has 2 heterocycles. The van der Waals surface area contributed by atoms with Crippen LogP contribution in [-0.4, -0.2) is 28.5 Å². The molecular formula is C30H32ClN3O. The van der Waals surface area contributed by atoms with Crippen molar-refractivity contribution in [1.82, 2.24) is 9.47 Å². The number of fused-ring (bicyclic) bond motifs is 1. The number of carbonyl (C=O) groups is 1. The second-order valence-corrected chi connectivity index (χ2v) is 9.83. The molecule has 3 aromatic carbocycles. The van der Waals surface area contributed by atoms with E-state index in [-0.39, 0.29) is 11.8 Å². The lowest BCUT2D eigenvalue weighted by Crippen LogP contribution is -2.38. The van der Waals surface area contributed by atoms with Crippen molar-refractivity contribution in [3.05, 3.63) is 101 Å². The van der Waals surface area contributed by atoms with E-state index >= 15 is 0 Å². The van der Waals surface area contributed by atoms with E-state index in [1.807, 2.05) is 36.4 Å². The SMILES string of the molecule is CCc1ccccc1NC(=O)C1CCN(Cc2cc3ccccc3n2Cc2ccccc2Cl)CC1. The molecule has 4 nitrogen and oxygen atoms in total. The highest BCUT2D eigenvalue weighted by Crippen LogP contribution is 2.27. The van der Waals surface area contributed by atoms with Crippen molar-refractivity contribution in [2.75, 3.05) is 18.4 Å². The van der Waals surface area contributed by atoms with E-state index < -0.39 is 0 Å². The number of piperidine rings is 1. The average Bonchev–Trinajstić information content (AvgIpc) is 3.23. The van der Waals surface area contributed by atoms with Gasteiger partial charge in [-0.3, -0.25) is 9.69 Å². The summed E-state index contributed by atoms with van der Waals surface area (Å²) >= 11 is 6.50. The number of aryl methyl sites for hydroxylation is 1. The molecule has 1 N–H and O–H groups in total. The smallest absolute Gasteiger partial charge is 0.227 e. The molecule has 1 aromatic heterocycles. The lowest BCUT2D eigenvalue weighted by atomic mass is 9.95. The first-order chi connectivity index (χ1) is 17.1. The van der Waals surface area contributed by atoms with Crippen molar-refractivity contribution in [3.63, 3.8) is 0 Å². The predicted octanol–water partition coefficient (Wildman–Crippen LogP) is 6.76. The topological polar surface area (TPSA) is 37.3 Å². The van der Waals surface area contributed by atoms with Gasteiger partial charge < -0.3 is 9.88 Å². The Morgan fingerprint density at radius 3 is 2.37 bits per heavy atom. The molecule has 5 heteroatoms. The maximum atomic E-state index is 13.0. The number of carbonyl (C=O) groups excluding carboxylic acids is 1. The highest BCUT2D eigenvalue weighted by atomic mass is 35.5. The van der Waals surface area contributed by atoms with Crippen molar-refractivity contribution < 1.29 is 4.79 Å². The number of anilines is 1. The van der Waals surface area contributed by atoms with Gasteiger partial charge in [0.25, 0.3) is 0 Å². The highest BCUT2D eigenvalue weighted by molar-refractivity contribution is 6.31. The molecule has 0 unspecified atom stereocenters. The first-order valence-electron chi connectivity index (χ1n) is 12.5. The van der Waals surface area contributed by atoms with Gasteiger partial charge in [0, 0.05) is 40.9 Å². The number of likely N-dealkylation sites (tertiary alicyclic amines) is 1. The minimum absolute atomic E-state index is 0.0603. The summed E-state index contributed by atoms with van der Waals surface area (Å²) in [5, 5.41) is 5.23. The number of hydrogen-bond acceptors (Lipinski definition) is 2. The van der Waals surface area contributed by atoms with Crippen LogP contribution in [0.5, 0.6) is 0 Å². The van der Waals surface area contributed by atoms with E-state index in [1.165, 1.54) is 22.2 Å². The maximum absolute atomic E-state index is 13.0. The number of aromatic nitrogens is 1. The van der Waals surface area contributed by atoms with Crippen LogP contribution in [0, 0.1) is 5.92 Å². The molecular weight excluding hydrogens is 454 g/mol. The minimum Gasteiger partial charge on any atom is -0.339 e. The Kier molecular flexibility index (Phi) is 7.21. The van der Waals surface area contributed by atoms with Gasteiger partial charge in [0.05, 0.1) is 0 Å². The average molecular weight is 486 g/mol. The van der Waals surface area contributed by atoms with E-state index in [0.29, 0.717) is 0 Å². The fraction of sp³-hybridized carbons (Fsp3) is 0.300. The van der Waals surface area contributed by atoms with Crippen LogP contribution in [0.1, 0.15) is 36.6 Å². The molecule has 0 atom stereocenters. The zero-order chi connectivity index (χ0) is 24.2. The van der Waals surface area contributed by atoms with E-state index in [9.17, 15) is 4.79 Å². The Morgan fingerprint density at radius 1 is 0.914 bits per heavy atom. The molecule has 1 saturated heterocycles. The maximum Gasteiger partial charge on any atom is 0.227 e. The number of nitrogens with zero attached hydrogens (tertiary/aromatic N) is 2. The standard InChI is InChI=1S/C30H32ClN3O/c1-2-22-9-4-7-13-28(22)32-30(35)23-15-17-33(18-16-23)21-26-19-24-10-5-8-14-29(24)34(26)20-25-11-3-6-12-27(25)31/h3-14,19,23H,2,15-18,20-21H2,1H3,(H,32,35). The molecule has 0 aliphatic carbocycles. The zero-order valence-electron chi connectivity index (χ0n) is 20.2. The second-order valence-electron chi connectivity index (χ2n) is 9.42. The van der Waals surface area contributed by atoms with Gasteiger partial charge in [-0.1, -0.05) is 73.1 Å². The number of hydrogen-bond donors (Lipinski definition) is 1. The first-order valence-corrected chi connectivity index (χ1v) is 12.9. The fourth-order valence-corrected chi connectivity index (χ4v) is 5.35. The molecule has 0 bridgehead atoms. The van der Waals surface area contributed by atoms with Gasteiger partial charge in [-0.2, -0.15) is 0 Å². The minimum atomic E-state index is 0.0603. The molecule has 180 valence electrons. The summed E-state index contributed by atoms with van der Waals surface area (Å²) in [5.74, 6) is 0.212. The normalized spacial score (nSPS) is 14.9. The predicted molar refractivity (Wildman–Crippen MR) is 145 cm³/mol. The van der Waals surface area contributed by atoms with Crippen molar-refractivity contribution in [3.8, 4) is 0 Å². The van der Waals surface area contributed by atoms with E-state index in [1.54, 1.807) is 0 Å². The summed E-state index contributed by atoms with van der Waals surface area (Å²) in [5.41, 5.74) is 5.77. The quantitative estimate of drug-likeness (QED) is 0.314. The van der Waals surface area contributed by atoms with Gasteiger partial charge in [0.15, 0.2) is 0 Å². The Morgan fingerprint density at radius 2 is 1.60 bits per heavy atom. The molecule has 1 fully saturated rings. The van der Waals surface area contributed by atoms with E-state index in [2.05, 4.69) is 64.2 Å². The molecule has 1 aliphatic rings. The Hall–Kier alpha value is -3.08. The molecule has 0 radical (unpaired) electrons. The van der Waals surface area contributed by atoms with Crippen LogP contribution in [0.4, 0.5) is 5.69 Å². The zero-order valence-corrected chi connectivity index (χ0v) is 21.0. The van der Waals surface area contributed by atoms with Crippen LogP contribution in [0.3, 0.4) is 0 Å². The molecule has 0 saturated carbocycles. The van der Waals surface area contributed by atoms with Gasteiger partial charge in [0.2, 0.25) is 5.91 Å². The summed E-state index contributed by atoms with van der Waals surface area (Å²) in [6, 6.07) is 27.0. The molecule has 5 rings (SSSR count). The molecule has 0 spiro atoms. The number of rotatable bonds is 7. The Labute approximate surface area is 212 Å². The van der Waals surface area contributed by atoms with Crippen LogP contribution in [-0.2, 0) is 24.3 Å². The highest BCUT2D eigenvalue weighted by Gasteiger charge is 2.26. The Bertz CT molecular complexity index is 1320. The van der Waals surface area contributed by atoms with E-state index in [4.69, 9.17) is 11.6 Å². The summed E-state index contributed by atoms with van der Waals surface area (Å²) in [7, 11) is 0. The summed E-state index contributed by atoms with van der Waals surface area (Å²) < 4.78 is 2.39. The lowest BCUT2D eigenvalue weighted by molar-refractivity contribution is -0.121.